The standard InChI is InChI=1S/C23H30/c1-7-9-17-14-16(4)18(10-8-2)22-21(17)19-12-11-15(3)13-20(19)23(22,5)6/h11-14H,7-10H2,1-6H3. The van der Waals surface area contributed by atoms with Gasteiger partial charge in [0, 0.05) is 5.41 Å². The van der Waals surface area contributed by atoms with Gasteiger partial charge in [-0.05, 0) is 65.6 Å². The van der Waals surface area contributed by atoms with E-state index in [1.54, 1.807) is 22.3 Å². The van der Waals surface area contributed by atoms with E-state index in [0.717, 1.165) is 0 Å². The molecule has 0 aromatic heterocycles. The maximum atomic E-state index is 2.47. The third-order valence-corrected chi connectivity index (χ3v) is 5.50. The van der Waals surface area contributed by atoms with Crippen LogP contribution in [-0.2, 0) is 18.3 Å². The molecule has 0 fully saturated rings. The lowest BCUT2D eigenvalue weighted by atomic mass is 9.77. The van der Waals surface area contributed by atoms with E-state index >= 15 is 0 Å². The average molecular weight is 306 g/mol. The summed E-state index contributed by atoms with van der Waals surface area (Å²) in [5.41, 5.74) is 12.3. The molecular formula is C23H30. The number of aryl methyl sites for hydroxylation is 3. The minimum atomic E-state index is 0.121. The summed E-state index contributed by atoms with van der Waals surface area (Å²) in [6.45, 7) is 14.0. The van der Waals surface area contributed by atoms with Gasteiger partial charge in [-0.1, -0.05) is 70.4 Å². The number of fused-ring (bicyclic) bond motifs is 3. The number of hydrogen-bond acceptors (Lipinski definition) is 0. The lowest BCUT2D eigenvalue weighted by Gasteiger charge is -2.26. The third kappa shape index (κ3) is 2.43. The van der Waals surface area contributed by atoms with Gasteiger partial charge in [-0.15, -0.1) is 0 Å². The highest BCUT2D eigenvalue weighted by atomic mass is 14.4. The van der Waals surface area contributed by atoms with Gasteiger partial charge in [0.15, 0.2) is 0 Å². The molecule has 0 spiro atoms. The molecule has 0 atom stereocenters. The topological polar surface area (TPSA) is 0 Å². The quantitative estimate of drug-likeness (QED) is 0.603. The third-order valence-electron chi connectivity index (χ3n) is 5.50. The second-order valence-electron chi connectivity index (χ2n) is 7.76. The molecule has 0 N–H and O–H groups in total. The van der Waals surface area contributed by atoms with Gasteiger partial charge >= 0.3 is 0 Å². The molecular weight excluding hydrogens is 276 g/mol. The van der Waals surface area contributed by atoms with Crippen LogP contribution >= 0.6 is 0 Å². The van der Waals surface area contributed by atoms with Crippen LogP contribution in [0.25, 0.3) is 11.1 Å². The highest BCUT2D eigenvalue weighted by molar-refractivity contribution is 5.85. The molecule has 0 heteroatoms. The summed E-state index contributed by atoms with van der Waals surface area (Å²) in [5.74, 6) is 0. The zero-order valence-electron chi connectivity index (χ0n) is 15.6. The number of hydrogen-bond donors (Lipinski definition) is 0. The fraction of sp³-hybridized carbons (Fsp3) is 0.478. The van der Waals surface area contributed by atoms with E-state index in [4.69, 9.17) is 0 Å². The Morgan fingerprint density at radius 1 is 0.913 bits per heavy atom. The van der Waals surface area contributed by atoms with Gasteiger partial charge in [0.25, 0.3) is 0 Å². The first kappa shape index (κ1) is 16.3. The first-order valence-corrected chi connectivity index (χ1v) is 9.19. The molecule has 0 nitrogen and oxygen atoms in total. The van der Waals surface area contributed by atoms with E-state index in [1.165, 1.54) is 47.9 Å². The minimum absolute atomic E-state index is 0.121. The van der Waals surface area contributed by atoms with Crippen molar-refractivity contribution < 1.29 is 0 Å². The highest BCUT2D eigenvalue weighted by Crippen LogP contribution is 2.52. The molecule has 2 aromatic carbocycles. The van der Waals surface area contributed by atoms with Crippen LogP contribution in [0.5, 0.6) is 0 Å². The maximum absolute atomic E-state index is 2.47. The molecule has 0 bridgehead atoms. The van der Waals surface area contributed by atoms with Crippen LogP contribution in [0.15, 0.2) is 24.3 Å². The molecule has 0 aliphatic heterocycles. The molecule has 1 aliphatic rings. The monoisotopic (exact) mass is 306 g/mol. The Bertz CT molecular complexity index is 747. The van der Waals surface area contributed by atoms with Crippen molar-refractivity contribution >= 4 is 0 Å². The summed E-state index contributed by atoms with van der Waals surface area (Å²) in [7, 11) is 0. The van der Waals surface area contributed by atoms with E-state index in [9.17, 15) is 0 Å². The Kier molecular flexibility index (Phi) is 4.12. The molecule has 0 heterocycles. The zero-order valence-corrected chi connectivity index (χ0v) is 15.6. The fourth-order valence-electron chi connectivity index (χ4n) is 4.49. The second-order valence-corrected chi connectivity index (χ2v) is 7.76. The summed E-state index contributed by atoms with van der Waals surface area (Å²) in [6, 6.07) is 9.52. The Labute approximate surface area is 141 Å². The Morgan fingerprint density at radius 3 is 2.26 bits per heavy atom. The first-order valence-electron chi connectivity index (χ1n) is 9.19. The van der Waals surface area contributed by atoms with Crippen molar-refractivity contribution in [1.29, 1.82) is 0 Å². The van der Waals surface area contributed by atoms with Crippen molar-refractivity contribution in [3.8, 4) is 11.1 Å². The van der Waals surface area contributed by atoms with Gasteiger partial charge in [0.1, 0.15) is 0 Å². The largest absolute Gasteiger partial charge is 0.0651 e. The van der Waals surface area contributed by atoms with E-state index in [2.05, 4.69) is 65.8 Å². The maximum Gasteiger partial charge on any atom is 0.0161 e. The molecule has 0 amide bonds. The highest BCUT2D eigenvalue weighted by Gasteiger charge is 2.38. The normalized spacial score (nSPS) is 14.7. The summed E-state index contributed by atoms with van der Waals surface area (Å²) in [4.78, 5) is 0. The van der Waals surface area contributed by atoms with Gasteiger partial charge in [0.2, 0.25) is 0 Å². The van der Waals surface area contributed by atoms with Crippen molar-refractivity contribution in [2.24, 2.45) is 0 Å². The number of benzene rings is 2. The van der Waals surface area contributed by atoms with Gasteiger partial charge in [-0.3, -0.25) is 0 Å². The van der Waals surface area contributed by atoms with Crippen LogP contribution in [0.4, 0.5) is 0 Å². The smallest absolute Gasteiger partial charge is 0.0161 e. The van der Waals surface area contributed by atoms with Gasteiger partial charge in [-0.2, -0.15) is 0 Å². The average Bonchev–Trinajstić information content (AvgIpc) is 2.72. The fourth-order valence-corrected chi connectivity index (χ4v) is 4.49. The molecule has 0 saturated heterocycles. The summed E-state index contributed by atoms with van der Waals surface area (Å²) in [6.07, 6.45) is 4.79. The van der Waals surface area contributed by atoms with Crippen LogP contribution in [0.3, 0.4) is 0 Å². The first-order chi connectivity index (χ1) is 10.9. The van der Waals surface area contributed by atoms with Crippen LogP contribution in [-0.4, -0.2) is 0 Å². The van der Waals surface area contributed by atoms with Gasteiger partial charge in [0.05, 0.1) is 0 Å². The van der Waals surface area contributed by atoms with Crippen LogP contribution in [0.1, 0.15) is 73.9 Å². The lowest BCUT2D eigenvalue weighted by molar-refractivity contribution is 0.646. The van der Waals surface area contributed by atoms with E-state index in [-0.39, 0.29) is 5.41 Å². The van der Waals surface area contributed by atoms with Crippen molar-refractivity contribution in [2.45, 2.75) is 72.6 Å². The predicted octanol–water partition coefficient (Wildman–Crippen LogP) is 6.51. The molecule has 0 saturated carbocycles. The summed E-state index contributed by atoms with van der Waals surface area (Å²) in [5, 5.41) is 0. The molecule has 2 aromatic rings. The molecule has 23 heavy (non-hydrogen) atoms. The van der Waals surface area contributed by atoms with Crippen LogP contribution < -0.4 is 0 Å². The molecule has 0 radical (unpaired) electrons. The van der Waals surface area contributed by atoms with Crippen molar-refractivity contribution in [3.63, 3.8) is 0 Å². The minimum Gasteiger partial charge on any atom is -0.0651 e. The molecule has 1 aliphatic carbocycles. The SMILES string of the molecule is CCCc1cc(C)c(CCC)c2c1-c1ccc(C)cc1C2(C)C. The predicted molar refractivity (Wildman–Crippen MR) is 101 cm³/mol. The van der Waals surface area contributed by atoms with Crippen LogP contribution in [0.2, 0.25) is 0 Å². The van der Waals surface area contributed by atoms with Gasteiger partial charge in [-0.25, -0.2) is 0 Å². The molecule has 3 rings (SSSR count). The van der Waals surface area contributed by atoms with E-state index in [0.29, 0.717) is 0 Å². The Balaban J connectivity index is 2.39. The summed E-state index contributed by atoms with van der Waals surface area (Å²) < 4.78 is 0. The molecule has 122 valence electrons. The zero-order chi connectivity index (χ0) is 16.8. The Morgan fingerprint density at radius 2 is 1.61 bits per heavy atom. The number of rotatable bonds is 4. The Hall–Kier alpha value is -1.56. The van der Waals surface area contributed by atoms with Crippen molar-refractivity contribution in [2.75, 3.05) is 0 Å². The van der Waals surface area contributed by atoms with E-state index in [1.807, 2.05) is 0 Å². The lowest BCUT2D eigenvalue weighted by Crippen LogP contribution is -2.18. The van der Waals surface area contributed by atoms with E-state index < -0.39 is 0 Å². The van der Waals surface area contributed by atoms with Gasteiger partial charge < -0.3 is 0 Å². The van der Waals surface area contributed by atoms with Crippen LogP contribution in [0, 0.1) is 13.8 Å². The second kappa shape index (κ2) is 5.82. The van der Waals surface area contributed by atoms with Crippen molar-refractivity contribution in [3.05, 3.63) is 57.6 Å². The molecule has 0 unspecified atom stereocenters. The summed E-state index contributed by atoms with van der Waals surface area (Å²) >= 11 is 0. The van der Waals surface area contributed by atoms with Crippen molar-refractivity contribution in [1.82, 2.24) is 0 Å².